The molecule has 0 spiro atoms. The van der Waals surface area contributed by atoms with Gasteiger partial charge in [-0.15, -0.1) is 0 Å². The van der Waals surface area contributed by atoms with Crippen LogP contribution in [-0.4, -0.2) is 22.0 Å². The number of carbonyl (C=O) groups is 3. The quantitative estimate of drug-likeness (QED) is 0.401. The van der Waals surface area contributed by atoms with Crippen molar-refractivity contribution in [3.63, 3.8) is 0 Å². The number of aromatic nitrogens is 1. The summed E-state index contributed by atoms with van der Waals surface area (Å²) in [6.45, 7) is 6.70. The zero-order valence-corrected chi connectivity index (χ0v) is 18.9. The monoisotopic (exact) mass is 436 g/mol. The van der Waals surface area contributed by atoms with Gasteiger partial charge in [0, 0.05) is 34.1 Å². The highest BCUT2D eigenvalue weighted by Crippen LogP contribution is 2.33. The van der Waals surface area contributed by atoms with Gasteiger partial charge in [0.1, 0.15) is 5.69 Å². The lowest BCUT2D eigenvalue weighted by molar-refractivity contribution is 0.0978. The van der Waals surface area contributed by atoms with Crippen LogP contribution in [0.15, 0.2) is 60.7 Å². The maximum atomic E-state index is 13.5. The zero-order valence-electron chi connectivity index (χ0n) is 18.9. The summed E-state index contributed by atoms with van der Waals surface area (Å²) >= 11 is 0. The van der Waals surface area contributed by atoms with E-state index in [9.17, 15) is 14.4 Å². The molecule has 1 aliphatic rings. The molecule has 164 valence electrons. The molecule has 0 unspecified atom stereocenters. The van der Waals surface area contributed by atoms with E-state index in [4.69, 9.17) is 0 Å². The van der Waals surface area contributed by atoms with Gasteiger partial charge in [0.15, 0.2) is 11.6 Å². The molecule has 0 atom stereocenters. The average molecular weight is 437 g/mol. The molecule has 5 nitrogen and oxygen atoms in total. The summed E-state index contributed by atoms with van der Waals surface area (Å²) in [7, 11) is 0. The van der Waals surface area contributed by atoms with E-state index in [0.29, 0.717) is 34.6 Å². The van der Waals surface area contributed by atoms with Crippen LogP contribution in [0, 0.1) is 6.92 Å². The molecule has 3 aromatic carbocycles. The van der Waals surface area contributed by atoms with Crippen LogP contribution >= 0.6 is 0 Å². The number of hydrogen-bond acceptors (Lipinski definition) is 3. The molecule has 0 saturated carbocycles. The number of nitrogens with zero attached hydrogens (tertiary/aromatic N) is 1. The van der Waals surface area contributed by atoms with Gasteiger partial charge < -0.3 is 9.88 Å². The number of fused-ring (bicyclic) bond motifs is 3. The molecule has 4 aromatic rings. The Balaban J connectivity index is 1.60. The number of anilines is 1. The number of rotatable bonds is 4. The maximum Gasteiger partial charge on any atom is 0.272 e. The molecular weight excluding hydrogens is 412 g/mol. The Hall–Kier alpha value is -3.99. The molecule has 5 heteroatoms. The van der Waals surface area contributed by atoms with E-state index >= 15 is 0 Å². The van der Waals surface area contributed by atoms with Crippen molar-refractivity contribution < 1.29 is 14.4 Å². The minimum atomic E-state index is -0.295. The predicted molar refractivity (Wildman–Crippen MR) is 129 cm³/mol. The van der Waals surface area contributed by atoms with Crippen molar-refractivity contribution in [3.8, 4) is 0 Å². The Labute approximate surface area is 192 Å². The van der Waals surface area contributed by atoms with Gasteiger partial charge in [-0.3, -0.25) is 14.4 Å². The second-order valence-corrected chi connectivity index (χ2v) is 8.31. The fourth-order valence-electron chi connectivity index (χ4n) is 4.84. The van der Waals surface area contributed by atoms with Crippen LogP contribution in [0.3, 0.4) is 0 Å². The fourth-order valence-corrected chi connectivity index (χ4v) is 4.84. The molecule has 1 heterocycles. The van der Waals surface area contributed by atoms with Crippen LogP contribution < -0.4 is 5.32 Å². The number of carbonyl (C=O) groups excluding carboxylic acids is 3. The van der Waals surface area contributed by atoms with Crippen molar-refractivity contribution >= 4 is 34.1 Å². The van der Waals surface area contributed by atoms with Crippen molar-refractivity contribution in [1.82, 2.24) is 4.57 Å². The Bertz CT molecular complexity index is 1480. The smallest absolute Gasteiger partial charge is 0.272 e. The summed E-state index contributed by atoms with van der Waals surface area (Å²) in [5.74, 6) is -0.755. The minimum absolute atomic E-state index is 0.206. The van der Waals surface area contributed by atoms with E-state index in [1.165, 1.54) is 5.56 Å². The normalized spacial score (nSPS) is 12.6. The molecular formula is C28H24N2O3. The molecule has 1 aromatic heterocycles. The third kappa shape index (κ3) is 3.11. The molecule has 0 radical (unpaired) electrons. The van der Waals surface area contributed by atoms with Crippen LogP contribution in [-0.2, 0) is 13.0 Å². The summed E-state index contributed by atoms with van der Waals surface area (Å²) in [5.41, 5.74) is 5.36. The molecule has 5 rings (SSSR count). The molecule has 0 fully saturated rings. The number of benzene rings is 3. The van der Waals surface area contributed by atoms with Crippen molar-refractivity contribution in [1.29, 1.82) is 0 Å². The van der Waals surface area contributed by atoms with Gasteiger partial charge in [-0.2, -0.15) is 0 Å². The number of nitrogens with one attached hydrogen (secondary N) is 1. The van der Waals surface area contributed by atoms with E-state index < -0.39 is 0 Å². The number of ketones is 2. The number of amides is 1. The first-order valence-electron chi connectivity index (χ1n) is 11.2. The zero-order chi connectivity index (χ0) is 23.3. The van der Waals surface area contributed by atoms with Crippen LogP contribution in [0.4, 0.5) is 5.69 Å². The van der Waals surface area contributed by atoms with Gasteiger partial charge in [0.2, 0.25) is 0 Å². The van der Waals surface area contributed by atoms with Gasteiger partial charge in [-0.1, -0.05) is 49.4 Å². The summed E-state index contributed by atoms with van der Waals surface area (Å²) in [6, 6.07) is 18.1. The lowest BCUT2D eigenvalue weighted by atomic mass is 9.83. The topological polar surface area (TPSA) is 68.2 Å². The molecule has 0 saturated heterocycles. The Morgan fingerprint density at radius 3 is 2.27 bits per heavy atom. The summed E-state index contributed by atoms with van der Waals surface area (Å²) in [5, 5.41) is 3.99. The second kappa shape index (κ2) is 7.85. The van der Waals surface area contributed by atoms with Gasteiger partial charge in [0.25, 0.3) is 5.91 Å². The lowest BCUT2D eigenvalue weighted by Crippen LogP contribution is -2.25. The van der Waals surface area contributed by atoms with E-state index in [0.717, 1.165) is 22.9 Å². The van der Waals surface area contributed by atoms with Crippen LogP contribution in [0.25, 0.3) is 10.9 Å². The first kappa shape index (κ1) is 20.9. The van der Waals surface area contributed by atoms with Crippen molar-refractivity contribution in [2.75, 3.05) is 5.32 Å². The minimum Gasteiger partial charge on any atom is -0.337 e. The first-order valence-corrected chi connectivity index (χ1v) is 11.2. The molecule has 0 aliphatic heterocycles. The Morgan fingerprint density at radius 2 is 1.58 bits per heavy atom. The third-order valence-electron chi connectivity index (χ3n) is 6.52. The lowest BCUT2D eigenvalue weighted by Gasteiger charge is -2.20. The van der Waals surface area contributed by atoms with E-state index in [-0.39, 0.29) is 23.0 Å². The van der Waals surface area contributed by atoms with E-state index in [2.05, 4.69) is 30.4 Å². The fraction of sp³-hybridized carbons (Fsp3) is 0.179. The second-order valence-electron chi connectivity index (χ2n) is 8.31. The maximum absolute atomic E-state index is 13.5. The highest BCUT2D eigenvalue weighted by molar-refractivity contribution is 6.30. The molecule has 1 N–H and O–H groups in total. The third-order valence-corrected chi connectivity index (χ3v) is 6.52. The van der Waals surface area contributed by atoms with Gasteiger partial charge in [0.05, 0.1) is 11.3 Å². The highest BCUT2D eigenvalue weighted by Gasteiger charge is 2.32. The molecule has 0 bridgehead atoms. The van der Waals surface area contributed by atoms with Crippen molar-refractivity contribution in [2.24, 2.45) is 0 Å². The average Bonchev–Trinajstić information content (AvgIpc) is 3.13. The van der Waals surface area contributed by atoms with Gasteiger partial charge >= 0.3 is 0 Å². The first-order chi connectivity index (χ1) is 16.0. The van der Waals surface area contributed by atoms with Gasteiger partial charge in [-0.25, -0.2) is 0 Å². The Morgan fingerprint density at radius 1 is 0.879 bits per heavy atom. The standard InChI is InChI=1S/C28H24N2O3/c1-4-17-13-14-23-21(15-17)16(3)25(30(23)5-2)28(33)29-22-12-8-11-20-24(22)27(32)19-10-7-6-9-18(19)26(20)31/h6-15H,4-5H2,1-3H3,(H,29,33). The predicted octanol–water partition coefficient (Wildman–Crippen LogP) is 5.56. The number of aryl methyl sites for hydroxylation is 3. The van der Waals surface area contributed by atoms with Crippen LogP contribution in [0.5, 0.6) is 0 Å². The number of hydrogen-bond donors (Lipinski definition) is 1. The molecule has 33 heavy (non-hydrogen) atoms. The van der Waals surface area contributed by atoms with Gasteiger partial charge in [-0.05, 0) is 49.6 Å². The molecule has 1 aliphatic carbocycles. The largest absolute Gasteiger partial charge is 0.337 e. The Kier molecular flexibility index (Phi) is 4.97. The summed E-state index contributed by atoms with van der Waals surface area (Å²) in [4.78, 5) is 39.8. The van der Waals surface area contributed by atoms with E-state index in [1.807, 2.05) is 18.4 Å². The SMILES string of the molecule is CCc1ccc2c(c1)c(C)c(C(=O)Nc1cccc3c1C(=O)c1ccccc1C3=O)n2CC. The summed E-state index contributed by atoms with van der Waals surface area (Å²) < 4.78 is 2.00. The molecule has 1 amide bonds. The van der Waals surface area contributed by atoms with Crippen LogP contribution in [0.2, 0.25) is 0 Å². The van der Waals surface area contributed by atoms with Crippen LogP contribution in [0.1, 0.15) is 67.3 Å². The van der Waals surface area contributed by atoms with Crippen molar-refractivity contribution in [2.45, 2.75) is 33.7 Å². The highest BCUT2D eigenvalue weighted by atomic mass is 16.2. The summed E-state index contributed by atoms with van der Waals surface area (Å²) in [6.07, 6.45) is 0.919. The van der Waals surface area contributed by atoms with Crippen molar-refractivity contribution in [3.05, 3.63) is 99.7 Å². The van der Waals surface area contributed by atoms with E-state index in [1.54, 1.807) is 42.5 Å².